The Morgan fingerprint density at radius 2 is 2.09 bits per heavy atom. The number of methoxy groups -OCH3 is 1. The lowest BCUT2D eigenvalue weighted by molar-refractivity contribution is -0.113. The number of ether oxygens (including phenoxy) is 1. The zero-order valence-corrected chi connectivity index (χ0v) is 16.0. The Labute approximate surface area is 153 Å². The number of nitrogens with one attached hydrogen (secondary N) is 1. The first-order valence-electron chi connectivity index (χ1n) is 6.95. The minimum Gasteiger partial charge on any atom is -0.496 e. The van der Waals surface area contributed by atoms with Gasteiger partial charge < -0.3 is 10.1 Å². The van der Waals surface area contributed by atoms with Crippen molar-refractivity contribution in [1.29, 1.82) is 0 Å². The highest BCUT2D eigenvalue weighted by molar-refractivity contribution is 9.10. The van der Waals surface area contributed by atoms with Gasteiger partial charge in [-0.3, -0.25) is 4.79 Å². The average Bonchev–Trinajstić information content (AvgIpc) is 2.50. The lowest BCUT2D eigenvalue weighted by Gasteiger charge is -2.10. The molecule has 0 bridgehead atoms. The molecule has 2 aromatic carbocycles. The lowest BCUT2D eigenvalue weighted by atomic mass is 10.2. The van der Waals surface area contributed by atoms with Crippen LogP contribution in [-0.2, 0) is 10.5 Å². The smallest absolute Gasteiger partial charge is 0.234 e. The second kappa shape index (κ2) is 8.62. The summed E-state index contributed by atoms with van der Waals surface area (Å²) in [5.41, 5.74) is 2.75. The third-order valence-electron chi connectivity index (χ3n) is 3.13. The molecule has 122 valence electrons. The van der Waals surface area contributed by atoms with Gasteiger partial charge in [-0.1, -0.05) is 33.6 Å². The highest BCUT2D eigenvalue weighted by atomic mass is 79.9. The second-order valence-corrected chi connectivity index (χ2v) is 7.29. The summed E-state index contributed by atoms with van der Waals surface area (Å²) in [5.74, 6) is 1.79. The number of aryl methyl sites for hydroxylation is 1. The summed E-state index contributed by atoms with van der Waals surface area (Å²) in [6.45, 7) is 1.96. The number of amides is 1. The van der Waals surface area contributed by atoms with Gasteiger partial charge in [-0.2, -0.15) is 0 Å². The van der Waals surface area contributed by atoms with E-state index in [1.807, 2.05) is 43.3 Å². The molecule has 0 saturated heterocycles. The standard InChI is InChI=1S/C17H17BrClNO2S/c1-11-3-5-15(14(19)7-11)20-17(21)10-23-9-12-8-13(18)4-6-16(12)22-2/h3-8H,9-10H2,1-2H3,(H,20,21). The van der Waals surface area contributed by atoms with Crippen LogP contribution in [-0.4, -0.2) is 18.8 Å². The van der Waals surface area contributed by atoms with Crippen molar-refractivity contribution < 1.29 is 9.53 Å². The number of carbonyl (C=O) groups is 1. The van der Waals surface area contributed by atoms with E-state index in [1.165, 1.54) is 11.8 Å². The monoisotopic (exact) mass is 413 g/mol. The molecule has 2 aromatic rings. The molecular formula is C17H17BrClNO2S. The van der Waals surface area contributed by atoms with Crippen LogP contribution in [0.4, 0.5) is 5.69 Å². The van der Waals surface area contributed by atoms with E-state index in [4.69, 9.17) is 16.3 Å². The quantitative estimate of drug-likeness (QED) is 0.698. The van der Waals surface area contributed by atoms with Crippen molar-refractivity contribution in [1.82, 2.24) is 0 Å². The number of hydrogen-bond donors (Lipinski definition) is 1. The lowest BCUT2D eigenvalue weighted by Crippen LogP contribution is -2.14. The fraction of sp³-hybridized carbons (Fsp3) is 0.235. The molecule has 2 rings (SSSR count). The summed E-state index contributed by atoms with van der Waals surface area (Å²) >= 11 is 11.1. The maximum Gasteiger partial charge on any atom is 0.234 e. The average molecular weight is 415 g/mol. The van der Waals surface area contributed by atoms with E-state index in [-0.39, 0.29) is 5.91 Å². The molecule has 0 spiro atoms. The van der Waals surface area contributed by atoms with Gasteiger partial charge in [-0.15, -0.1) is 11.8 Å². The molecule has 0 radical (unpaired) electrons. The fourth-order valence-electron chi connectivity index (χ4n) is 2.02. The van der Waals surface area contributed by atoms with Crippen molar-refractivity contribution in [3.8, 4) is 5.75 Å². The molecule has 0 aliphatic carbocycles. The molecule has 1 N–H and O–H groups in total. The van der Waals surface area contributed by atoms with Crippen molar-refractivity contribution in [2.24, 2.45) is 0 Å². The highest BCUT2D eigenvalue weighted by Gasteiger charge is 2.08. The molecule has 0 aromatic heterocycles. The Balaban J connectivity index is 1.89. The summed E-state index contributed by atoms with van der Waals surface area (Å²) < 4.78 is 6.32. The van der Waals surface area contributed by atoms with Crippen LogP contribution in [0.15, 0.2) is 40.9 Å². The SMILES string of the molecule is COc1ccc(Br)cc1CSCC(=O)Nc1ccc(C)cc1Cl. The molecule has 1 amide bonds. The van der Waals surface area contributed by atoms with Gasteiger partial charge in [0.2, 0.25) is 5.91 Å². The van der Waals surface area contributed by atoms with Crippen LogP contribution in [0.25, 0.3) is 0 Å². The minimum absolute atomic E-state index is 0.0743. The van der Waals surface area contributed by atoms with Crippen molar-refractivity contribution >= 4 is 50.9 Å². The van der Waals surface area contributed by atoms with Gasteiger partial charge in [0, 0.05) is 15.8 Å². The number of thioether (sulfide) groups is 1. The predicted octanol–water partition coefficient (Wildman–Crippen LogP) is 5.29. The largest absolute Gasteiger partial charge is 0.496 e. The fourth-order valence-corrected chi connectivity index (χ4v) is 3.52. The van der Waals surface area contributed by atoms with Crippen molar-refractivity contribution in [2.75, 3.05) is 18.2 Å². The first kappa shape index (κ1) is 18.2. The van der Waals surface area contributed by atoms with E-state index in [0.29, 0.717) is 22.2 Å². The highest BCUT2D eigenvalue weighted by Crippen LogP contribution is 2.27. The molecule has 0 aliphatic heterocycles. The summed E-state index contributed by atoms with van der Waals surface area (Å²) in [7, 11) is 1.64. The van der Waals surface area contributed by atoms with Gasteiger partial charge in [-0.05, 0) is 42.8 Å². The molecule has 0 aliphatic rings. The third-order valence-corrected chi connectivity index (χ3v) is 4.92. The molecule has 0 atom stereocenters. The molecule has 3 nitrogen and oxygen atoms in total. The summed E-state index contributed by atoms with van der Waals surface area (Å²) in [6, 6.07) is 11.4. The third kappa shape index (κ3) is 5.44. The van der Waals surface area contributed by atoms with E-state index in [9.17, 15) is 4.79 Å². The molecule has 0 fully saturated rings. The molecular weight excluding hydrogens is 398 g/mol. The van der Waals surface area contributed by atoms with Crippen LogP contribution in [0.3, 0.4) is 0 Å². The van der Waals surface area contributed by atoms with Crippen LogP contribution >= 0.6 is 39.3 Å². The van der Waals surface area contributed by atoms with E-state index in [2.05, 4.69) is 21.2 Å². The van der Waals surface area contributed by atoms with Crippen LogP contribution < -0.4 is 10.1 Å². The first-order chi connectivity index (χ1) is 11.0. The van der Waals surface area contributed by atoms with Crippen molar-refractivity contribution in [3.63, 3.8) is 0 Å². The van der Waals surface area contributed by atoms with Gasteiger partial charge in [0.05, 0.1) is 23.6 Å². The van der Waals surface area contributed by atoms with Crippen LogP contribution in [0.2, 0.25) is 5.02 Å². The Morgan fingerprint density at radius 3 is 2.78 bits per heavy atom. The normalized spacial score (nSPS) is 10.4. The number of halogens is 2. The minimum atomic E-state index is -0.0743. The number of carbonyl (C=O) groups excluding carboxylic acids is 1. The Bertz CT molecular complexity index is 709. The zero-order valence-electron chi connectivity index (χ0n) is 12.9. The number of hydrogen-bond acceptors (Lipinski definition) is 3. The Hall–Kier alpha value is -1.17. The summed E-state index contributed by atoms with van der Waals surface area (Å²) in [6.07, 6.45) is 0. The Kier molecular flexibility index (Phi) is 6.81. The maximum absolute atomic E-state index is 12.0. The molecule has 0 unspecified atom stereocenters. The van der Waals surface area contributed by atoms with E-state index in [0.717, 1.165) is 21.3 Å². The van der Waals surface area contributed by atoms with Crippen LogP contribution in [0, 0.1) is 6.92 Å². The number of anilines is 1. The zero-order chi connectivity index (χ0) is 16.8. The first-order valence-corrected chi connectivity index (χ1v) is 9.28. The van der Waals surface area contributed by atoms with Crippen molar-refractivity contribution in [2.45, 2.75) is 12.7 Å². The van der Waals surface area contributed by atoms with Gasteiger partial charge in [0.1, 0.15) is 5.75 Å². The molecule has 0 heterocycles. The van der Waals surface area contributed by atoms with E-state index >= 15 is 0 Å². The van der Waals surface area contributed by atoms with Gasteiger partial charge in [-0.25, -0.2) is 0 Å². The second-order valence-electron chi connectivity index (χ2n) is 4.98. The van der Waals surface area contributed by atoms with Gasteiger partial charge >= 0.3 is 0 Å². The predicted molar refractivity (Wildman–Crippen MR) is 102 cm³/mol. The van der Waals surface area contributed by atoms with E-state index in [1.54, 1.807) is 7.11 Å². The summed E-state index contributed by atoms with van der Waals surface area (Å²) in [4.78, 5) is 12.0. The maximum atomic E-state index is 12.0. The number of benzene rings is 2. The Morgan fingerprint density at radius 1 is 1.30 bits per heavy atom. The molecule has 6 heteroatoms. The van der Waals surface area contributed by atoms with Gasteiger partial charge in [0.25, 0.3) is 0 Å². The summed E-state index contributed by atoms with van der Waals surface area (Å²) in [5, 5.41) is 3.38. The van der Waals surface area contributed by atoms with Crippen LogP contribution in [0.1, 0.15) is 11.1 Å². The molecule has 0 saturated carbocycles. The number of rotatable bonds is 6. The topological polar surface area (TPSA) is 38.3 Å². The van der Waals surface area contributed by atoms with Gasteiger partial charge in [0.15, 0.2) is 0 Å². The van der Waals surface area contributed by atoms with Crippen LogP contribution in [0.5, 0.6) is 5.75 Å². The van der Waals surface area contributed by atoms with E-state index < -0.39 is 0 Å². The van der Waals surface area contributed by atoms with Crippen molar-refractivity contribution in [3.05, 3.63) is 57.0 Å². The molecule has 23 heavy (non-hydrogen) atoms.